The van der Waals surface area contributed by atoms with Gasteiger partial charge in [0.1, 0.15) is 0 Å². The highest BCUT2D eigenvalue weighted by molar-refractivity contribution is 14.1. The number of halogens is 1. The van der Waals surface area contributed by atoms with E-state index in [-0.39, 0.29) is 5.91 Å². The van der Waals surface area contributed by atoms with Gasteiger partial charge in [0.25, 0.3) is 0 Å². The number of hydrogen-bond acceptors (Lipinski definition) is 2. The van der Waals surface area contributed by atoms with E-state index in [2.05, 4.69) is 85.9 Å². The topological polar surface area (TPSA) is 32.3 Å². The van der Waals surface area contributed by atoms with Crippen LogP contribution in [0.5, 0.6) is 0 Å². The summed E-state index contributed by atoms with van der Waals surface area (Å²) in [4.78, 5) is 14.0. The van der Waals surface area contributed by atoms with Gasteiger partial charge in [0.05, 0.1) is 6.42 Å². The Hall–Kier alpha value is -1.66. The van der Waals surface area contributed by atoms with Gasteiger partial charge >= 0.3 is 0 Å². The van der Waals surface area contributed by atoms with Crippen LogP contribution in [0.15, 0.2) is 30.5 Å². The van der Waals surface area contributed by atoms with Crippen molar-refractivity contribution >= 4 is 34.6 Å². The highest BCUT2D eigenvalue weighted by Gasteiger charge is 2.25. The molecule has 2 aliphatic rings. The molecule has 2 aromatic rings. The van der Waals surface area contributed by atoms with Crippen LogP contribution in [0.2, 0.25) is 0 Å². The van der Waals surface area contributed by atoms with E-state index < -0.39 is 0 Å². The molecule has 1 amide bonds. The van der Waals surface area contributed by atoms with Crippen LogP contribution in [0.25, 0.3) is 6.08 Å². The molecule has 166 valence electrons. The minimum absolute atomic E-state index is 0.207. The summed E-state index contributed by atoms with van der Waals surface area (Å²) in [7, 11) is 2.03. The fourth-order valence-electron chi connectivity index (χ4n) is 4.28. The molecule has 0 bridgehead atoms. The fraction of sp³-hybridized carbons (Fsp3) is 0.444. The van der Waals surface area contributed by atoms with Gasteiger partial charge < -0.3 is 10.2 Å². The summed E-state index contributed by atoms with van der Waals surface area (Å²) >= 11 is 2.35. The molecule has 0 unspecified atom stereocenters. The molecule has 1 heterocycles. The van der Waals surface area contributed by atoms with Crippen molar-refractivity contribution in [1.29, 1.82) is 0 Å². The molecule has 1 aliphatic heterocycles. The summed E-state index contributed by atoms with van der Waals surface area (Å²) in [5.41, 5.74) is 10.9. The molecular formula is C27H35IN2O. The van der Waals surface area contributed by atoms with Gasteiger partial charge in [-0.3, -0.25) is 4.79 Å². The largest absolute Gasteiger partial charge is 0.319 e. The zero-order chi connectivity index (χ0) is 22.5. The third-order valence-electron chi connectivity index (χ3n) is 6.50. The predicted octanol–water partition coefficient (Wildman–Crippen LogP) is 5.65. The molecule has 4 rings (SSSR count). The number of carbonyl (C=O) groups excluding carboxylic acids is 1. The molecule has 0 spiro atoms. The van der Waals surface area contributed by atoms with E-state index >= 15 is 0 Å². The van der Waals surface area contributed by atoms with Gasteiger partial charge in [-0.15, -0.1) is 0 Å². The summed E-state index contributed by atoms with van der Waals surface area (Å²) in [5, 5.41) is 3.24. The molecule has 4 heteroatoms. The molecule has 0 aromatic heterocycles. The van der Waals surface area contributed by atoms with Crippen molar-refractivity contribution in [2.24, 2.45) is 0 Å². The van der Waals surface area contributed by atoms with Crippen LogP contribution < -0.4 is 5.32 Å². The lowest BCUT2D eigenvalue weighted by atomic mass is 9.76. The number of likely N-dealkylation sites (N-methyl/N-ethyl adjacent to an activating group) is 1. The van der Waals surface area contributed by atoms with Gasteiger partial charge in [-0.1, -0.05) is 46.9 Å². The van der Waals surface area contributed by atoms with Crippen LogP contribution >= 0.6 is 22.6 Å². The van der Waals surface area contributed by atoms with Gasteiger partial charge in [-0.25, -0.2) is 0 Å². The Balaban J connectivity index is 0.000000185. The maximum atomic E-state index is 12.2. The number of amides is 1. The molecule has 0 saturated heterocycles. The summed E-state index contributed by atoms with van der Waals surface area (Å²) < 4.78 is 1.08. The number of nitrogens with one attached hydrogen (secondary N) is 1. The molecule has 1 aliphatic carbocycles. The van der Waals surface area contributed by atoms with Crippen molar-refractivity contribution in [2.45, 2.75) is 52.9 Å². The Morgan fingerprint density at radius 2 is 1.65 bits per heavy atom. The molecule has 31 heavy (non-hydrogen) atoms. The summed E-state index contributed by atoms with van der Waals surface area (Å²) in [6.07, 6.45) is 6.84. The summed E-state index contributed by atoms with van der Waals surface area (Å²) in [6, 6.07) is 9.03. The van der Waals surface area contributed by atoms with Crippen LogP contribution in [0.4, 0.5) is 0 Å². The summed E-state index contributed by atoms with van der Waals surface area (Å²) in [5.74, 6) is 0.970. The van der Waals surface area contributed by atoms with Crippen LogP contribution in [0.3, 0.4) is 0 Å². The highest BCUT2D eigenvalue weighted by atomic mass is 127. The monoisotopic (exact) mass is 530 g/mol. The van der Waals surface area contributed by atoms with E-state index in [4.69, 9.17) is 0 Å². The quantitative estimate of drug-likeness (QED) is 0.401. The molecule has 1 N–H and O–H groups in total. The first kappa shape index (κ1) is 24.0. The first-order valence-corrected chi connectivity index (χ1v) is 12.7. The van der Waals surface area contributed by atoms with Crippen LogP contribution in [0, 0.1) is 27.7 Å². The Bertz CT molecular complexity index is 980. The summed E-state index contributed by atoms with van der Waals surface area (Å²) in [6.45, 7) is 10.6. The number of aryl methyl sites for hydroxylation is 4. The average Bonchev–Trinajstić information content (AvgIpc) is 2.87. The minimum atomic E-state index is 0.207. The van der Waals surface area contributed by atoms with Gasteiger partial charge in [-0.05, 0) is 98.2 Å². The Morgan fingerprint density at radius 3 is 2.32 bits per heavy atom. The van der Waals surface area contributed by atoms with E-state index in [0.29, 0.717) is 6.42 Å². The number of nitrogens with zero attached hydrogens (tertiary/aromatic N) is 1. The first-order chi connectivity index (χ1) is 14.8. The number of carbonyl (C=O) groups is 1. The highest BCUT2D eigenvalue weighted by Crippen LogP contribution is 2.36. The zero-order valence-electron chi connectivity index (χ0n) is 19.5. The number of alkyl halides is 1. The SMILES string of the molecule is CNC[C@H]1Cc2cc(C)c(C)cc21.Cc1cc2c(cc1C)CC(=O)N(CCCI)C=C2. The second-order valence-corrected chi connectivity index (χ2v) is 9.93. The predicted molar refractivity (Wildman–Crippen MR) is 140 cm³/mol. The molecule has 0 saturated carbocycles. The Kier molecular flexibility index (Phi) is 8.34. The Labute approximate surface area is 201 Å². The third kappa shape index (κ3) is 5.78. The number of hydrogen-bond donors (Lipinski definition) is 1. The van der Waals surface area contributed by atoms with E-state index in [1.54, 1.807) is 11.1 Å². The van der Waals surface area contributed by atoms with E-state index in [0.717, 1.165) is 35.4 Å². The standard InChI is InChI=1S/C15H18INO.C12H17N/c1-11-8-13-4-7-17(6-3-5-16)15(18)10-14(13)9-12(11)2;1-8-4-10-6-11(7-13-3)12(10)5-9(8)2/h4,7-9H,3,5-6,10H2,1-2H3;4-5,11,13H,6-7H2,1-3H3/t;11-/m.1/s1. The Morgan fingerprint density at radius 1 is 1.00 bits per heavy atom. The lowest BCUT2D eigenvalue weighted by Crippen LogP contribution is -2.27. The van der Waals surface area contributed by atoms with E-state index in [1.165, 1.54) is 34.2 Å². The maximum absolute atomic E-state index is 12.2. The van der Waals surface area contributed by atoms with Crippen LogP contribution in [-0.4, -0.2) is 35.4 Å². The third-order valence-corrected chi connectivity index (χ3v) is 7.26. The van der Waals surface area contributed by atoms with Crippen molar-refractivity contribution in [3.05, 3.63) is 75.0 Å². The number of rotatable bonds is 5. The smallest absolute Gasteiger partial charge is 0.230 e. The molecule has 3 nitrogen and oxygen atoms in total. The second kappa shape index (κ2) is 10.8. The average molecular weight is 530 g/mol. The molecule has 1 atom stereocenters. The normalized spacial score (nSPS) is 16.6. The molecule has 0 radical (unpaired) electrons. The van der Waals surface area contributed by atoms with Gasteiger partial charge in [0.15, 0.2) is 0 Å². The lowest BCUT2D eigenvalue weighted by Gasteiger charge is -2.31. The van der Waals surface area contributed by atoms with Crippen molar-refractivity contribution in [2.75, 3.05) is 24.6 Å². The van der Waals surface area contributed by atoms with Crippen molar-refractivity contribution < 1.29 is 4.79 Å². The van der Waals surface area contributed by atoms with Crippen molar-refractivity contribution in [3.8, 4) is 0 Å². The second-order valence-electron chi connectivity index (χ2n) is 8.85. The lowest BCUT2D eigenvalue weighted by molar-refractivity contribution is -0.127. The fourth-order valence-corrected chi connectivity index (χ4v) is 4.62. The molecular weight excluding hydrogens is 495 g/mol. The van der Waals surface area contributed by atoms with E-state index in [1.807, 2.05) is 18.1 Å². The van der Waals surface area contributed by atoms with Gasteiger partial charge in [0.2, 0.25) is 5.91 Å². The number of fused-ring (bicyclic) bond motifs is 2. The minimum Gasteiger partial charge on any atom is -0.319 e. The molecule has 0 fully saturated rings. The van der Waals surface area contributed by atoms with E-state index in [9.17, 15) is 4.79 Å². The van der Waals surface area contributed by atoms with Crippen molar-refractivity contribution in [3.63, 3.8) is 0 Å². The van der Waals surface area contributed by atoms with Gasteiger partial charge in [0, 0.05) is 29.6 Å². The number of benzene rings is 2. The van der Waals surface area contributed by atoms with Crippen LogP contribution in [-0.2, 0) is 17.6 Å². The zero-order valence-corrected chi connectivity index (χ0v) is 21.7. The van der Waals surface area contributed by atoms with Crippen molar-refractivity contribution in [1.82, 2.24) is 10.2 Å². The first-order valence-electron chi connectivity index (χ1n) is 11.2. The van der Waals surface area contributed by atoms with Gasteiger partial charge in [-0.2, -0.15) is 0 Å². The molecule has 2 aromatic carbocycles. The maximum Gasteiger partial charge on any atom is 0.230 e. The van der Waals surface area contributed by atoms with Crippen LogP contribution in [0.1, 0.15) is 56.8 Å².